The van der Waals surface area contributed by atoms with E-state index >= 15 is 0 Å². The molecule has 1 aromatic heterocycles. The van der Waals surface area contributed by atoms with Crippen LogP contribution in [0.5, 0.6) is 0 Å². The first-order valence-electron chi connectivity index (χ1n) is 5.85. The highest BCUT2D eigenvalue weighted by Gasteiger charge is 2.22. The van der Waals surface area contributed by atoms with Crippen molar-refractivity contribution < 1.29 is 0 Å². The van der Waals surface area contributed by atoms with Crippen LogP contribution in [0.1, 0.15) is 38.1 Å². The van der Waals surface area contributed by atoms with Gasteiger partial charge in [0.15, 0.2) is 0 Å². The summed E-state index contributed by atoms with van der Waals surface area (Å²) in [5.74, 6) is 0. The highest BCUT2D eigenvalue weighted by atomic mass is 79.9. The lowest BCUT2D eigenvalue weighted by molar-refractivity contribution is 0.154. The second kappa shape index (κ2) is 6.74. The van der Waals surface area contributed by atoms with Crippen molar-refractivity contribution in [3.63, 3.8) is 0 Å². The third kappa shape index (κ3) is 3.29. The molecule has 0 spiro atoms. The van der Waals surface area contributed by atoms with E-state index in [-0.39, 0.29) is 0 Å². The molecule has 1 rings (SSSR count). The number of hydrogen-bond acceptors (Lipinski definition) is 3. The Hall–Kier alpha value is 0.1000. The monoisotopic (exact) mass is 304 g/mol. The molecule has 0 bridgehead atoms. The van der Waals surface area contributed by atoms with Crippen molar-refractivity contribution in [3.05, 3.63) is 20.8 Å². The van der Waals surface area contributed by atoms with E-state index < -0.39 is 0 Å². The fraction of sp³-hybridized carbons (Fsp3) is 0.667. The quantitative estimate of drug-likeness (QED) is 0.869. The lowest BCUT2D eigenvalue weighted by Gasteiger charge is -2.34. The zero-order valence-corrected chi connectivity index (χ0v) is 12.6. The topological polar surface area (TPSA) is 29.3 Å². The van der Waals surface area contributed by atoms with Crippen LogP contribution >= 0.6 is 27.3 Å². The molecule has 1 heterocycles. The number of likely N-dealkylation sites (N-methyl/N-ethyl adjacent to an activating group) is 1. The van der Waals surface area contributed by atoms with Gasteiger partial charge in [-0.2, -0.15) is 0 Å². The molecule has 0 aliphatic carbocycles. The van der Waals surface area contributed by atoms with E-state index in [1.54, 1.807) is 11.3 Å². The molecule has 1 aromatic rings. The summed E-state index contributed by atoms with van der Waals surface area (Å²) in [4.78, 5) is 3.84. The Bertz CT molecular complexity index is 314. The predicted octanol–water partition coefficient (Wildman–Crippen LogP) is 3.63. The van der Waals surface area contributed by atoms with Crippen molar-refractivity contribution in [1.82, 2.24) is 4.90 Å². The van der Waals surface area contributed by atoms with Gasteiger partial charge in [-0.1, -0.05) is 13.8 Å². The fourth-order valence-electron chi connectivity index (χ4n) is 2.00. The normalized spacial score (nSPS) is 15.4. The Labute approximate surface area is 111 Å². The zero-order valence-electron chi connectivity index (χ0n) is 10.2. The molecule has 2 nitrogen and oxygen atoms in total. The third-order valence-corrected chi connectivity index (χ3v) is 4.79. The number of thiophene rings is 1. The molecule has 0 saturated heterocycles. The summed E-state index contributed by atoms with van der Waals surface area (Å²) in [7, 11) is 0. The van der Waals surface area contributed by atoms with Crippen LogP contribution in [0.25, 0.3) is 0 Å². The molecule has 2 N–H and O–H groups in total. The number of nitrogens with two attached hydrogens (primary N) is 1. The summed E-state index contributed by atoms with van der Waals surface area (Å²) < 4.78 is 1.18. The molecule has 2 atom stereocenters. The van der Waals surface area contributed by atoms with Gasteiger partial charge in [0.1, 0.15) is 0 Å². The maximum absolute atomic E-state index is 5.93. The van der Waals surface area contributed by atoms with Crippen molar-refractivity contribution >= 4 is 27.3 Å². The SMILES string of the molecule is CCC(C)N(CC)C(CN)c1ccc(Br)s1. The van der Waals surface area contributed by atoms with E-state index in [0.29, 0.717) is 18.6 Å². The molecular formula is C12H21BrN2S. The molecular weight excluding hydrogens is 284 g/mol. The second-order valence-electron chi connectivity index (χ2n) is 3.98. The number of hydrogen-bond donors (Lipinski definition) is 1. The fourth-order valence-corrected chi connectivity index (χ4v) is 3.55. The van der Waals surface area contributed by atoms with Gasteiger partial charge in [0, 0.05) is 17.5 Å². The Morgan fingerprint density at radius 1 is 1.44 bits per heavy atom. The maximum Gasteiger partial charge on any atom is 0.0702 e. The van der Waals surface area contributed by atoms with E-state index in [9.17, 15) is 0 Å². The van der Waals surface area contributed by atoms with E-state index in [0.717, 1.165) is 13.0 Å². The van der Waals surface area contributed by atoms with Crippen molar-refractivity contribution in [2.75, 3.05) is 13.1 Å². The number of nitrogens with zero attached hydrogens (tertiary/aromatic N) is 1. The van der Waals surface area contributed by atoms with Gasteiger partial charge in [-0.15, -0.1) is 11.3 Å². The van der Waals surface area contributed by atoms with Gasteiger partial charge in [0.2, 0.25) is 0 Å². The highest BCUT2D eigenvalue weighted by molar-refractivity contribution is 9.11. The molecule has 0 aromatic carbocycles. The average molecular weight is 305 g/mol. The molecule has 92 valence electrons. The Morgan fingerprint density at radius 2 is 2.12 bits per heavy atom. The smallest absolute Gasteiger partial charge is 0.0702 e. The summed E-state index contributed by atoms with van der Waals surface area (Å²) in [6.07, 6.45) is 1.16. The highest BCUT2D eigenvalue weighted by Crippen LogP contribution is 2.31. The van der Waals surface area contributed by atoms with Crippen LogP contribution in [-0.2, 0) is 0 Å². The number of halogens is 1. The average Bonchev–Trinajstić information content (AvgIpc) is 2.71. The number of rotatable bonds is 6. The molecule has 0 radical (unpaired) electrons. The van der Waals surface area contributed by atoms with Gasteiger partial charge < -0.3 is 5.73 Å². The van der Waals surface area contributed by atoms with E-state index in [2.05, 4.69) is 53.7 Å². The van der Waals surface area contributed by atoms with Crippen LogP contribution in [0.15, 0.2) is 15.9 Å². The van der Waals surface area contributed by atoms with Crippen molar-refractivity contribution in [3.8, 4) is 0 Å². The molecule has 0 saturated carbocycles. The first-order valence-corrected chi connectivity index (χ1v) is 7.46. The van der Waals surface area contributed by atoms with E-state index in [4.69, 9.17) is 5.73 Å². The van der Waals surface area contributed by atoms with Gasteiger partial charge in [0.25, 0.3) is 0 Å². The summed E-state index contributed by atoms with van der Waals surface area (Å²) in [5.41, 5.74) is 5.93. The van der Waals surface area contributed by atoms with Crippen molar-refractivity contribution in [1.29, 1.82) is 0 Å². The molecule has 2 unspecified atom stereocenters. The maximum atomic E-state index is 5.93. The van der Waals surface area contributed by atoms with Crippen LogP contribution in [0.3, 0.4) is 0 Å². The molecule has 4 heteroatoms. The van der Waals surface area contributed by atoms with Crippen molar-refractivity contribution in [2.45, 2.75) is 39.3 Å². The van der Waals surface area contributed by atoms with Gasteiger partial charge in [-0.3, -0.25) is 4.90 Å². The predicted molar refractivity (Wildman–Crippen MR) is 75.9 cm³/mol. The molecule has 16 heavy (non-hydrogen) atoms. The minimum absolute atomic E-state index is 0.358. The zero-order chi connectivity index (χ0) is 12.1. The largest absolute Gasteiger partial charge is 0.329 e. The van der Waals surface area contributed by atoms with Gasteiger partial charge in [-0.25, -0.2) is 0 Å². The van der Waals surface area contributed by atoms with Gasteiger partial charge in [0.05, 0.1) is 9.83 Å². The molecule has 0 amide bonds. The standard InChI is InChI=1S/C12H21BrN2S/c1-4-9(3)15(5-2)10(8-14)11-6-7-12(13)16-11/h6-7,9-10H,4-5,8,14H2,1-3H3. The summed E-state index contributed by atoms with van der Waals surface area (Å²) >= 11 is 5.30. The minimum Gasteiger partial charge on any atom is -0.329 e. The summed E-state index contributed by atoms with van der Waals surface area (Å²) in [5, 5.41) is 0. The Balaban J connectivity index is 2.87. The lowest BCUT2D eigenvalue weighted by atomic mass is 10.1. The summed E-state index contributed by atoms with van der Waals surface area (Å²) in [6.45, 7) is 8.44. The van der Waals surface area contributed by atoms with Crippen molar-refractivity contribution in [2.24, 2.45) is 5.73 Å². The third-order valence-electron chi connectivity index (χ3n) is 3.07. The van der Waals surface area contributed by atoms with Crippen LogP contribution < -0.4 is 5.73 Å². The Morgan fingerprint density at radius 3 is 2.50 bits per heavy atom. The van der Waals surface area contributed by atoms with Gasteiger partial charge in [-0.05, 0) is 48.0 Å². The Kier molecular flexibility index (Phi) is 5.97. The van der Waals surface area contributed by atoms with Crippen LogP contribution in [0, 0.1) is 0 Å². The van der Waals surface area contributed by atoms with Crippen LogP contribution in [0.4, 0.5) is 0 Å². The van der Waals surface area contributed by atoms with Crippen LogP contribution in [-0.4, -0.2) is 24.0 Å². The first-order chi connectivity index (χ1) is 7.63. The van der Waals surface area contributed by atoms with E-state index in [1.807, 2.05) is 0 Å². The molecule has 0 fully saturated rings. The molecule has 0 aliphatic rings. The minimum atomic E-state index is 0.358. The van der Waals surface area contributed by atoms with E-state index in [1.165, 1.54) is 8.66 Å². The lowest BCUT2D eigenvalue weighted by Crippen LogP contribution is -2.39. The summed E-state index contributed by atoms with van der Waals surface area (Å²) in [6, 6.07) is 5.22. The second-order valence-corrected chi connectivity index (χ2v) is 6.48. The van der Waals surface area contributed by atoms with Crippen LogP contribution in [0.2, 0.25) is 0 Å². The molecule has 0 aliphatic heterocycles. The first kappa shape index (κ1) is 14.2. The van der Waals surface area contributed by atoms with Gasteiger partial charge >= 0.3 is 0 Å².